The zero-order valence-electron chi connectivity index (χ0n) is 14.0. The minimum Gasteiger partial charge on any atom is -0.349 e. The molecule has 126 valence electrons. The second kappa shape index (κ2) is 7.62. The lowest BCUT2D eigenvalue weighted by molar-refractivity contribution is -0.124. The van der Waals surface area contributed by atoms with Gasteiger partial charge >= 0.3 is 0 Å². The Bertz CT molecular complexity index is 714. The van der Waals surface area contributed by atoms with Crippen LogP contribution in [0.4, 0.5) is 0 Å². The first-order valence-electron chi connectivity index (χ1n) is 8.34. The van der Waals surface area contributed by atoms with Crippen molar-refractivity contribution in [1.29, 1.82) is 0 Å². The van der Waals surface area contributed by atoms with Crippen LogP contribution in [0, 0.1) is 5.92 Å². The fraction of sp³-hybridized carbons (Fsp3) is 0.350. The predicted octanol–water partition coefficient (Wildman–Crippen LogP) is 5.43. The highest BCUT2D eigenvalue weighted by molar-refractivity contribution is 7.99. The number of rotatable bonds is 4. The molecule has 0 spiro atoms. The maximum absolute atomic E-state index is 13.0. The Kier molecular flexibility index (Phi) is 5.52. The molecule has 0 saturated heterocycles. The van der Waals surface area contributed by atoms with E-state index in [4.69, 9.17) is 11.6 Å². The molecule has 3 rings (SSSR count). The molecular weight excluding hydrogens is 338 g/mol. The summed E-state index contributed by atoms with van der Waals surface area (Å²) in [6.45, 7) is 4.17. The molecule has 1 aliphatic rings. The lowest BCUT2D eigenvalue weighted by Gasteiger charge is -2.29. The van der Waals surface area contributed by atoms with Gasteiger partial charge in [-0.05, 0) is 41.7 Å². The average Bonchev–Trinajstić information content (AvgIpc) is 2.57. The maximum Gasteiger partial charge on any atom is 0.228 e. The Morgan fingerprint density at radius 2 is 1.88 bits per heavy atom. The van der Waals surface area contributed by atoms with Gasteiger partial charge in [0.25, 0.3) is 0 Å². The Morgan fingerprint density at radius 3 is 2.58 bits per heavy atom. The maximum atomic E-state index is 13.0. The minimum atomic E-state index is -0.163. The summed E-state index contributed by atoms with van der Waals surface area (Å²) in [6, 6.07) is 16.1. The molecule has 0 saturated carbocycles. The number of hydrogen-bond donors (Lipinski definition) is 1. The van der Waals surface area contributed by atoms with E-state index in [2.05, 4.69) is 37.4 Å². The van der Waals surface area contributed by atoms with Crippen LogP contribution in [0.3, 0.4) is 0 Å². The zero-order chi connectivity index (χ0) is 17.1. The van der Waals surface area contributed by atoms with Gasteiger partial charge in [0.15, 0.2) is 0 Å². The van der Waals surface area contributed by atoms with E-state index in [-0.39, 0.29) is 23.8 Å². The fourth-order valence-corrected chi connectivity index (χ4v) is 4.51. The normalized spacial score (nSPS) is 18.1. The molecule has 0 radical (unpaired) electrons. The lowest BCUT2D eigenvalue weighted by atomic mass is 9.87. The first kappa shape index (κ1) is 17.4. The molecule has 2 nitrogen and oxygen atoms in total. The summed E-state index contributed by atoms with van der Waals surface area (Å²) in [4.78, 5) is 14.3. The zero-order valence-corrected chi connectivity index (χ0v) is 15.5. The number of carbonyl (C=O) groups is 1. The molecule has 24 heavy (non-hydrogen) atoms. The number of amides is 1. The second-order valence-electron chi connectivity index (χ2n) is 6.51. The number of thioether (sulfide) groups is 1. The van der Waals surface area contributed by atoms with Crippen LogP contribution >= 0.6 is 23.4 Å². The van der Waals surface area contributed by atoms with Gasteiger partial charge in [0.1, 0.15) is 0 Å². The van der Waals surface area contributed by atoms with Crippen molar-refractivity contribution in [2.24, 2.45) is 5.92 Å². The average molecular weight is 360 g/mol. The number of hydrogen-bond acceptors (Lipinski definition) is 2. The van der Waals surface area contributed by atoms with Crippen molar-refractivity contribution >= 4 is 29.3 Å². The summed E-state index contributed by atoms with van der Waals surface area (Å²) >= 11 is 7.85. The summed E-state index contributed by atoms with van der Waals surface area (Å²) < 4.78 is 0. The number of carbonyl (C=O) groups excluding carboxylic acids is 1. The Morgan fingerprint density at radius 1 is 1.17 bits per heavy atom. The largest absolute Gasteiger partial charge is 0.349 e. The van der Waals surface area contributed by atoms with Crippen LogP contribution in [-0.4, -0.2) is 11.7 Å². The van der Waals surface area contributed by atoms with Crippen molar-refractivity contribution in [2.45, 2.75) is 37.1 Å². The lowest BCUT2D eigenvalue weighted by Crippen LogP contribution is -2.36. The molecule has 1 aliphatic heterocycles. The van der Waals surface area contributed by atoms with Gasteiger partial charge in [-0.2, -0.15) is 0 Å². The summed E-state index contributed by atoms with van der Waals surface area (Å²) in [7, 11) is 0. The van der Waals surface area contributed by atoms with Gasteiger partial charge in [-0.25, -0.2) is 0 Å². The van der Waals surface area contributed by atoms with Crippen molar-refractivity contribution in [3.8, 4) is 0 Å². The molecule has 2 aromatic rings. The minimum absolute atomic E-state index is 0.0963. The third-order valence-electron chi connectivity index (χ3n) is 4.45. The molecule has 0 aliphatic carbocycles. The highest BCUT2D eigenvalue weighted by atomic mass is 35.5. The second-order valence-corrected chi connectivity index (χ2v) is 8.08. The van der Waals surface area contributed by atoms with Gasteiger partial charge in [0.05, 0.1) is 12.0 Å². The topological polar surface area (TPSA) is 29.1 Å². The Labute approximate surface area is 153 Å². The first-order chi connectivity index (χ1) is 11.6. The summed E-state index contributed by atoms with van der Waals surface area (Å²) in [5.74, 6) is 1.19. The monoisotopic (exact) mass is 359 g/mol. The predicted molar refractivity (Wildman–Crippen MR) is 102 cm³/mol. The molecule has 0 fully saturated rings. The van der Waals surface area contributed by atoms with E-state index in [0.717, 1.165) is 17.7 Å². The smallest absolute Gasteiger partial charge is 0.228 e. The van der Waals surface area contributed by atoms with Crippen molar-refractivity contribution in [1.82, 2.24) is 5.32 Å². The van der Waals surface area contributed by atoms with E-state index in [1.165, 1.54) is 10.5 Å². The summed E-state index contributed by atoms with van der Waals surface area (Å²) in [5.41, 5.74) is 2.26. The molecule has 0 bridgehead atoms. The van der Waals surface area contributed by atoms with E-state index < -0.39 is 0 Å². The highest BCUT2D eigenvalue weighted by Gasteiger charge is 2.28. The molecule has 1 heterocycles. The van der Waals surface area contributed by atoms with Crippen molar-refractivity contribution < 1.29 is 4.79 Å². The summed E-state index contributed by atoms with van der Waals surface area (Å²) in [5, 5.41) is 3.98. The highest BCUT2D eigenvalue weighted by Crippen LogP contribution is 2.36. The van der Waals surface area contributed by atoms with Gasteiger partial charge in [0, 0.05) is 15.7 Å². The van der Waals surface area contributed by atoms with Crippen LogP contribution in [-0.2, 0) is 4.79 Å². The van der Waals surface area contributed by atoms with Gasteiger partial charge in [-0.3, -0.25) is 4.79 Å². The van der Waals surface area contributed by atoms with Crippen molar-refractivity contribution in [3.05, 3.63) is 64.7 Å². The van der Waals surface area contributed by atoms with Crippen LogP contribution in [0.2, 0.25) is 5.02 Å². The molecular formula is C20H22ClNOS. The van der Waals surface area contributed by atoms with Crippen LogP contribution < -0.4 is 5.32 Å². The van der Waals surface area contributed by atoms with Crippen LogP contribution in [0.25, 0.3) is 0 Å². The number of nitrogens with one attached hydrogen (secondary N) is 1. The van der Waals surface area contributed by atoms with Crippen LogP contribution in [0.1, 0.15) is 43.4 Å². The van der Waals surface area contributed by atoms with E-state index >= 15 is 0 Å². The van der Waals surface area contributed by atoms with E-state index in [9.17, 15) is 4.79 Å². The molecule has 2 aromatic carbocycles. The molecule has 4 heteroatoms. The number of halogens is 1. The number of benzene rings is 2. The van der Waals surface area contributed by atoms with Gasteiger partial charge in [0.2, 0.25) is 5.91 Å². The molecule has 2 unspecified atom stereocenters. The fourth-order valence-electron chi connectivity index (χ4n) is 3.26. The van der Waals surface area contributed by atoms with Crippen LogP contribution in [0.5, 0.6) is 0 Å². The molecule has 1 N–H and O–H groups in total. The quantitative estimate of drug-likeness (QED) is 0.788. The van der Waals surface area contributed by atoms with Gasteiger partial charge < -0.3 is 5.32 Å². The Hall–Kier alpha value is -1.45. The third kappa shape index (κ3) is 3.79. The van der Waals surface area contributed by atoms with Crippen LogP contribution in [0.15, 0.2) is 53.4 Å². The van der Waals surface area contributed by atoms with Crippen molar-refractivity contribution in [2.75, 3.05) is 5.75 Å². The standard InChI is InChI=1S/C20H22ClNOS/c1-13(2)19(14-7-9-15(21)10-8-14)20(23)22-17-11-12-24-18-6-4-3-5-16(17)18/h3-10,13,17,19H,11-12H2,1-2H3,(H,22,23). The van der Waals surface area contributed by atoms with Crippen molar-refractivity contribution in [3.63, 3.8) is 0 Å². The number of fused-ring (bicyclic) bond motifs is 1. The third-order valence-corrected chi connectivity index (χ3v) is 5.83. The van der Waals surface area contributed by atoms with Gasteiger partial charge in [-0.1, -0.05) is 55.8 Å². The van der Waals surface area contributed by atoms with E-state index in [1.807, 2.05) is 42.1 Å². The SMILES string of the molecule is CC(C)C(C(=O)NC1CCSc2ccccc21)c1ccc(Cl)cc1. The van der Waals surface area contributed by atoms with E-state index in [0.29, 0.717) is 5.02 Å². The van der Waals surface area contributed by atoms with E-state index in [1.54, 1.807) is 0 Å². The molecule has 0 aromatic heterocycles. The van der Waals surface area contributed by atoms with Gasteiger partial charge in [-0.15, -0.1) is 11.8 Å². The molecule has 2 atom stereocenters. The first-order valence-corrected chi connectivity index (χ1v) is 9.70. The molecule has 1 amide bonds. The Balaban J connectivity index is 1.81. The summed E-state index contributed by atoms with van der Waals surface area (Å²) in [6.07, 6.45) is 0.971.